The first-order chi connectivity index (χ1) is 12.3. The van der Waals surface area contributed by atoms with Crippen LogP contribution in [0.2, 0.25) is 0 Å². The molecule has 1 aliphatic carbocycles. The topological polar surface area (TPSA) is 69.6 Å². The number of hydrogen-bond acceptors (Lipinski definition) is 3. The lowest BCUT2D eigenvalue weighted by Gasteiger charge is -2.43. The van der Waals surface area contributed by atoms with Crippen molar-refractivity contribution in [1.29, 1.82) is 0 Å². The van der Waals surface area contributed by atoms with E-state index in [0.29, 0.717) is 18.5 Å². The Bertz CT molecular complexity index is 673. The number of hydrogen-bond donors (Lipinski definition) is 2. The summed E-state index contributed by atoms with van der Waals surface area (Å²) in [6.45, 7) is 5.95. The van der Waals surface area contributed by atoms with Gasteiger partial charge < -0.3 is 15.3 Å². The molecule has 2 N–H and O–H groups in total. The second-order valence-corrected chi connectivity index (χ2v) is 8.33. The minimum absolute atomic E-state index is 0.00706. The number of carbonyl (C=O) groups excluding carboxylic acids is 2. The zero-order valence-corrected chi connectivity index (χ0v) is 16.0. The molecule has 142 valence electrons. The zero-order chi connectivity index (χ0) is 18.9. The maximum atomic E-state index is 13.4. The molecule has 0 spiro atoms. The van der Waals surface area contributed by atoms with E-state index in [9.17, 15) is 14.7 Å². The van der Waals surface area contributed by atoms with E-state index >= 15 is 0 Å². The SMILES string of the molecule is CC(=O)NC[C@H]1C[C@]2(C)[C@@H](CCCC[C@]2(C)O)N1C(=O)c1ccccc1. The number of carbonyl (C=O) groups is 2. The van der Waals surface area contributed by atoms with Crippen LogP contribution in [-0.4, -0.2) is 46.1 Å². The van der Waals surface area contributed by atoms with Crippen molar-refractivity contribution in [2.24, 2.45) is 5.41 Å². The number of benzene rings is 1. The van der Waals surface area contributed by atoms with Crippen molar-refractivity contribution < 1.29 is 14.7 Å². The predicted octanol–water partition coefficient (Wildman–Crippen LogP) is 2.74. The van der Waals surface area contributed by atoms with Crippen molar-refractivity contribution in [3.8, 4) is 0 Å². The molecule has 1 heterocycles. The molecule has 1 aliphatic heterocycles. The summed E-state index contributed by atoms with van der Waals surface area (Å²) in [7, 11) is 0. The Morgan fingerprint density at radius 2 is 1.92 bits per heavy atom. The van der Waals surface area contributed by atoms with Gasteiger partial charge in [0.25, 0.3) is 5.91 Å². The molecular formula is C21H30N2O3. The molecule has 0 bridgehead atoms. The minimum Gasteiger partial charge on any atom is -0.390 e. The quantitative estimate of drug-likeness (QED) is 0.873. The number of likely N-dealkylation sites (tertiary alicyclic amines) is 1. The van der Waals surface area contributed by atoms with E-state index in [2.05, 4.69) is 12.2 Å². The first-order valence-corrected chi connectivity index (χ1v) is 9.61. The summed E-state index contributed by atoms with van der Waals surface area (Å²) in [6, 6.07) is 9.18. The molecule has 5 heteroatoms. The van der Waals surface area contributed by atoms with E-state index in [0.717, 1.165) is 25.7 Å². The van der Waals surface area contributed by atoms with Crippen molar-refractivity contribution in [3.05, 3.63) is 35.9 Å². The van der Waals surface area contributed by atoms with E-state index in [1.54, 1.807) is 0 Å². The van der Waals surface area contributed by atoms with Gasteiger partial charge in [0.05, 0.1) is 11.6 Å². The van der Waals surface area contributed by atoms with Crippen molar-refractivity contribution in [3.63, 3.8) is 0 Å². The third kappa shape index (κ3) is 3.25. The number of fused-ring (bicyclic) bond motifs is 1. The molecule has 4 atom stereocenters. The minimum atomic E-state index is -0.825. The van der Waals surface area contributed by atoms with E-state index in [1.165, 1.54) is 6.92 Å². The average Bonchev–Trinajstić information content (AvgIpc) is 2.84. The van der Waals surface area contributed by atoms with Crippen LogP contribution in [0.5, 0.6) is 0 Å². The molecule has 1 saturated heterocycles. The molecule has 2 fully saturated rings. The van der Waals surface area contributed by atoms with E-state index in [4.69, 9.17) is 0 Å². The van der Waals surface area contributed by atoms with Gasteiger partial charge in [0, 0.05) is 30.5 Å². The van der Waals surface area contributed by atoms with Crippen LogP contribution in [0.15, 0.2) is 30.3 Å². The summed E-state index contributed by atoms with van der Waals surface area (Å²) >= 11 is 0. The highest BCUT2D eigenvalue weighted by atomic mass is 16.3. The monoisotopic (exact) mass is 358 g/mol. The van der Waals surface area contributed by atoms with Crippen LogP contribution in [0.4, 0.5) is 0 Å². The van der Waals surface area contributed by atoms with Gasteiger partial charge in [-0.05, 0) is 38.3 Å². The lowest BCUT2D eigenvalue weighted by molar-refractivity contribution is -0.119. The van der Waals surface area contributed by atoms with Gasteiger partial charge in [0.1, 0.15) is 0 Å². The molecule has 5 nitrogen and oxygen atoms in total. The van der Waals surface area contributed by atoms with Gasteiger partial charge in [-0.15, -0.1) is 0 Å². The molecule has 0 unspecified atom stereocenters. The molecule has 0 radical (unpaired) electrons. The summed E-state index contributed by atoms with van der Waals surface area (Å²) < 4.78 is 0. The molecule has 1 aromatic carbocycles. The summed E-state index contributed by atoms with van der Waals surface area (Å²) in [4.78, 5) is 26.8. The highest BCUT2D eigenvalue weighted by Crippen LogP contribution is 2.53. The third-order valence-corrected chi connectivity index (χ3v) is 6.59. The van der Waals surface area contributed by atoms with E-state index in [1.807, 2.05) is 42.2 Å². The number of rotatable bonds is 3. The van der Waals surface area contributed by atoms with Crippen LogP contribution >= 0.6 is 0 Å². The fourth-order valence-electron chi connectivity index (χ4n) is 4.88. The van der Waals surface area contributed by atoms with Gasteiger partial charge >= 0.3 is 0 Å². The Labute approximate surface area is 155 Å². The van der Waals surface area contributed by atoms with Gasteiger partial charge in [-0.25, -0.2) is 0 Å². The second kappa shape index (κ2) is 7.03. The van der Waals surface area contributed by atoms with Crippen LogP contribution in [0.3, 0.4) is 0 Å². The molecule has 26 heavy (non-hydrogen) atoms. The van der Waals surface area contributed by atoms with Crippen LogP contribution in [0.25, 0.3) is 0 Å². The van der Waals surface area contributed by atoms with Crippen molar-refractivity contribution >= 4 is 11.8 Å². The lowest BCUT2D eigenvalue weighted by atomic mass is 9.67. The number of nitrogens with zero attached hydrogens (tertiary/aromatic N) is 1. The molecule has 1 saturated carbocycles. The Morgan fingerprint density at radius 1 is 1.23 bits per heavy atom. The van der Waals surface area contributed by atoms with Gasteiger partial charge in [0.15, 0.2) is 0 Å². The smallest absolute Gasteiger partial charge is 0.254 e. The second-order valence-electron chi connectivity index (χ2n) is 8.33. The molecule has 0 aromatic heterocycles. The number of aliphatic hydroxyl groups is 1. The van der Waals surface area contributed by atoms with Gasteiger partial charge in [0.2, 0.25) is 5.91 Å². The standard InChI is InChI=1S/C21H30N2O3/c1-15(24)22-14-17-13-20(2)18(11-7-8-12-21(20,3)26)23(17)19(25)16-9-5-4-6-10-16/h4-6,9-10,17-18,26H,7-8,11-14H2,1-3H3,(H,22,24)/t17-,18-,20-,21+/m1/s1. The van der Waals surface area contributed by atoms with Crippen LogP contribution in [0.1, 0.15) is 63.2 Å². The Morgan fingerprint density at radius 3 is 2.58 bits per heavy atom. The average molecular weight is 358 g/mol. The van der Waals surface area contributed by atoms with Crippen LogP contribution in [0, 0.1) is 5.41 Å². The fraction of sp³-hybridized carbons (Fsp3) is 0.619. The molecule has 3 rings (SSSR count). The number of amides is 2. The van der Waals surface area contributed by atoms with E-state index < -0.39 is 5.60 Å². The molecule has 2 aliphatic rings. The Kier molecular flexibility index (Phi) is 5.11. The first-order valence-electron chi connectivity index (χ1n) is 9.61. The summed E-state index contributed by atoms with van der Waals surface area (Å²) in [5.41, 5.74) is -0.542. The predicted molar refractivity (Wildman–Crippen MR) is 101 cm³/mol. The fourth-order valence-corrected chi connectivity index (χ4v) is 4.88. The maximum absolute atomic E-state index is 13.4. The van der Waals surface area contributed by atoms with Crippen molar-refractivity contribution in [1.82, 2.24) is 10.2 Å². The van der Waals surface area contributed by atoms with Gasteiger partial charge in [-0.2, -0.15) is 0 Å². The zero-order valence-electron chi connectivity index (χ0n) is 16.0. The van der Waals surface area contributed by atoms with Crippen molar-refractivity contribution in [2.75, 3.05) is 6.54 Å². The molecular weight excluding hydrogens is 328 g/mol. The molecule has 1 aromatic rings. The van der Waals surface area contributed by atoms with Crippen LogP contribution < -0.4 is 5.32 Å². The Balaban J connectivity index is 1.98. The van der Waals surface area contributed by atoms with Crippen LogP contribution in [-0.2, 0) is 4.79 Å². The van der Waals surface area contributed by atoms with Crippen molar-refractivity contribution in [2.45, 2.75) is 70.6 Å². The summed E-state index contributed by atoms with van der Waals surface area (Å²) in [5, 5.41) is 14.1. The Hall–Kier alpha value is -1.88. The highest BCUT2D eigenvalue weighted by molar-refractivity contribution is 5.95. The normalized spacial score (nSPS) is 34.1. The highest BCUT2D eigenvalue weighted by Gasteiger charge is 2.59. The van der Waals surface area contributed by atoms with E-state index in [-0.39, 0.29) is 29.3 Å². The summed E-state index contributed by atoms with van der Waals surface area (Å²) in [5.74, 6) is -0.103. The maximum Gasteiger partial charge on any atom is 0.254 e. The first kappa shape index (κ1) is 18.9. The lowest BCUT2D eigenvalue weighted by Crippen LogP contribution is -2.52. The molecule has 2 amide bonds. The van der Waals surface area contributed by atoms with Gasteiger partial charge in [-0.1, -0.05) is 38.0 Å². The third-order valence-electron chi connectivity index (χ3n) is 6.59. The largest absolute Gasteiger partial charge is 0.390 e. The number of nitrogens with one attached hydrogen (secondary N) is 1. The van der Waals surface area contributed by atoms with Gasteiger partial charge in [-0.3, -0.25) is 9.59 Å². The summed E-state index contributed by atoms with van der Waals surface area (Å²) in [6.07, 6.45) is 4.32.